The molecule has 2 N–H and O–H groups in total. The second-order valence-corrected chi connectivity index (χ2v) is 9.51. The van der Waals surface area contributed by atoms with Crippen LogP contribution in [0.5, 0.6) is 11.5 Å². The molecule has 0 unspecified atom stereocenters. The van der Waals surface area contributed by atoms with E-state index in [1.54, 1.807) is 14.2 Å². The minimum Gasteiger partial charge on any atom is -0.492 e. The number of hydrogen-bond donors (Lipinski definition) is 2. The monoisotopic (exact) mass is 463 g/mol. The predicted octanol–water partition coefficient (Wildman–Crippen LogP) is 3.39. The first-order valence-electron chi connectivity index (χ1n) is 12.2. The highest BCUT2D eigenvalue weighted by Crippen LogP contribution is 2.49. The zero-order valence-corrected chi connectivity index (χ0v) is 20.1. The number of methoxy groups -OCH3 is 2. The average molecular weight is 464 g/mol. The highest BCUT2D eigenvalue weighted by atomic mass is 16.5. The fourth-order valence-corrected chi connectivity index (χ4v) is 5.96. The van der Waals surface area contributed by atoms with Crippen LogP contribution in [0.3, 0.4) is 0 Å². The third-order valence-electron chi connectivity index (χ3n) is 7.65. The van der Waals surface area contributed by atoms with Crippen LogP contribution >= 0.6 is 0 Å². The summed E-state index contributed by atoms with van der Waals surface area (Å²) < 4.78 is 11.6. The lowest BCUT2D eigenvalue weighted by molar-refractivity contribution is -0.145. The van der Waals surface area contributed by atoms with Crippen molar-refractivity contribution >= 4 is 11.8 Å². The third kappa shape index (κ3) is 3.82. The molecular formula is C27H33N3O4. The van der Waals surface area contributed by atoms with E-state index in [0.717, 1.165) is 42.5 Å². The lowest BCUT2D eigenvalue weighted by Gasteiger charge is -2.48. The van der Waals surface area contributed by atoms with Gasteiger partial charge in [-0.3, -0.25) is 9.59 Å². The second kappa shape index (κ2) is 9.29. The van der Waals surface area contributed by atoms with Gasteiger partial charge in [-0.1, -0.05) is 30.3 Å². The summed E-state index contributed by atoms with van der Waals surface area (Å²) in [4.78, 5) is 28.7. The van der Waals surface area contributed by atoms with Crippen LogP contribution in [0.4, 0.5) is 0 Å². The van der Waals surface area contributed by atoms with Crippen LogP contribution in [-0.4, -0.2) is 50.1 Å². The normalized spacial score (nSPS) is 24.4. The van der Waals surface area contributed by atoms with Crippen molar-refractivity contribution in [1.29, 1.82) is 0 Å². The zero-order valence-electron chi connectivity index (χ0n) is 20.1. The molecule has 2 aromatic carbocycles. The number of rotatable bonds is 5. The van der Waals surface area contributed by atoms with E-state index < -0.39 is 0 Å². The number of benzene rings is 2. The van der Waals surface area contributed by atoms with Gasteiger partial charge in [-0.05, 0) is 56.3 Å². The number of amides is 2. The molecular weight excluding hydrogens is 430 g/mol. The molecule has 2 saturated heterocycles. The van der Waals surface area contributed by atoms with Crippen molar-refractivity contribution in [2.24, 2.45) is 5.92 Å². The first-order valence-corrected chi connectivity index (χ1v) is 12.2. The van der Waals surface area contributed by atoms with Gasteiger partial charge in [-0.15, -0.1) is 0 Å². The van der Waals surface area contributed by atoms with Crippen molar-refractivity contribution < 1.29 is 19.1 Å². The van der Waals surface area contributed by atoms with Crippen LogP contribution in [0, 0.1) is 5.92 Å². The molecule has 2 amide bonds. The number of carbonyl (C=O) groups is 2. The molecule has 0 aromatic heterocycles. The maximum atomic E-state index is 13.4. The minimum atomic E-state index is -0.203. The summed E-state index contributed by atoms with van der Waals surface area (Å²) in [5.41, 5.74) is 3.53. The summed E-state index contributed by atoms with van der Waals surface area (Å²) >= 11 is 0. The number of ether oxygens (including phenoxy) is 2. The fraction of sp³-hybridized carbons (Fsp3) is 0.481. The summed E-state index contributed by atoms with van der Waals surface area (Å²) in [6.45, 7) is 3.58. The molecule has 180 valence electrons. The van der Waals surface area contributed by atoms with Crippen molar-refractivity contribution in [3.05, 3.63) is 58.7 Å². The molecule has 0 spiro atoms. The Kier molecular flexibility index (Phi) is 6.21. The maximum absolute atomic E-state index is 13.4. The summed E-state index contributed by atoms with van der Waals surface area (Å²) in [5.74, 6) is 1.08. The van der Waals surface area contributed by atoms with Crippen LogP contribution in [0.1, 0.15) is 65.3 Å². The number of hydrogen-bond acceptors (Lipinski definition) is 5. The van der Waals surface area contributed by atoms with Gasteiger partial charge in [0, 0.05) is 18.2 Å². The quantitative estimate of drug-likeness (QED) is 0.711. The van der Waals surface area contributed by atoms with E-state index in [1.165, 1.54) is 0 Å². The second-order valence-electron chi connectivity index (χ2n) is 9.51. The van der Waals surface area contributed by atoms with Gasteiger partial charge in [-0.25, -0.2) is 0 Å². The van der Waals surface area contributed by atoms with E-state index in [0.29, 0.717) is 30.0 Å². The molecule has 0 radical (unpaired) electrons. The van der Waals surface area contributed by atoms with Crippen molar-refractivity contribution in [3.8, 4) is 11.5 Å². The molecule has 7 heteroatoms. The molecule has 2 fully saturated rings. The summed E-state index contributed by atoms with van der Waals surface area (Å²) in [7, 11) is 3.17. The van der Waals surface area contributed by atoms with Crippen LogP contribution < -0.4 is 20.1 Å². The first-order chi connectivity index (χ1) is 16.5. The molecule has 0 aliphatic carbocycles. The Morgan fingerprint density at radius 2 is 1.94 bits per heavy atom. The Balaban J connectivity index is 1.50. The zero-order chi connectivity index (χ0) is 23.8. The number of carbonyl (C=O) groups excluding carboxylic acids is 2. The lowest BCUT2D eigenvalue weighted by atomic mass is 9.76. The molecule has 5 rings (SSSR count). The van der Waals surface area contributed by atoms with Crippen molar-refractivity contribution in [2.75, 3.05) is 27.3 Å². The molecule has 0 saturated carbocycles. The van der Waals surface area contributed by atoms with E-state index in [4.69, 9.17) is 9.47 Å². The Labute approximate surface area is 200 Å². The summed E-state index contributed by atoms with van der Waals surface area (Å²) in [6.07, 6.45) is 3.53. The van der Waals surface area contributed by atoms with Gasteiger partial charge in [0.1, 0.15) is 0 Å². The van der Waals surface area contributed by atoms with E-state index >= 15 is 0 Å². The van der Waals surface area contributed by atoms with Gasteiger partial charge in [0.15, 0.2) is 11.5 Å². The highest BCUT2D eigenvalue weighted by molar-refractivity contribution is 5.99. The molecule has 4 atom stereocenters. The molecule has 3 heterocycles. The molecule has 34 heavy (non-hydrogen) atoms. The number of fused-ring (bicyclic) bond motifs is 4. The smallest absolute Gasteiger partial charge is 0.255 e. The van der Waals surface area contributed by atoms with E-state index in [9.17, 15) is 9.59 Å². The first kappa shape index (κ1) is 22.7. The SMILES string of the molecule is COc1c(C(=O)N[C@H](C)c2ccccc2)cc2c(c1OC)[C@H]1C[C@@H]3NCCC[C@@H]3C(=O)N1CC2. The van der Waals surface area contributed by atoms with Gasteiger partial charge in [-0.2, -0.15) is 0 Å². The molecule has 3 aliphatic rings. The Hall–Kier alpha value is -3.06. The van der Waals surface area contributed by atoms with Gasteiger partial charge in [0.25, 0.3) is 5.91 Å². The average Bonchev–Trinajstić information content (AvgIpc) is 2.87. The minimum absolute atomic E-state index is 0.0592. The van der Waals surface area contributed by atoms with E-state index in [2.05, 4.69) is 10.6 Å². The van der Waals surface area contributed by atoms with Crippen LogP contribution in [0.2, 0.25) is 0 Å². The lowest BCUT2D eigenvalue weighted by Crippen LogP contribution is -2.57. The number of piperidine rings is 2. The predicted molar refractivity (Wildman–Crippen MR) is 129 cm³/mol. The summed E-state index contributed by atoms with van der Waals surface area (Å²) in [5, 5.41) is 6.66. The molecule has 3 aliphatic heterocycles. The number of nitrogens with zero attached hydrogens (tertiary/aromatic N) is 1. The maximum Gasteiger partial charge on any atom is 0.255 e. The van der Waals surface area contributed by atoms with Gasteiger partial charge in [0.2, 0.25) is 5.91 Å². The highest BCUT2D eigenvalue weighted by Gasteiger charge is 2.46. The van der Waals surface area contributed by atoms with Crippen molar-refractivity contribution in [3.63, 3.8) is 0 Å². The Bertz CT molecular complexity index is 1090. The van der Waals surface area contributed by atoms with Gasteiger partial charge >= 0.3 is 0 Å². The molecule has 0 bridgehead atoms. The summed E-state index contributed by atoms with van der Waals surface area (Å²) in [6, 6.07) is 11.8. The van der Waals surface area contributed by atoms with Crippen LogP contribution in [-0.2, 0) is 11.2 Å². The number of nitrogens with one attached hydrogen (secondary N) is 2. The van der Waals surface area contributed by atoms with Gasteiger partial charge < -0.3 is 25.0 Å². The standard InChI is InChI=1S/C27H33N3O4/c1-16(17-8-5-4-6-9-17)29-26(31)20-14-18-11-13-30-22(23(18)25(34-3)24(20)33-2)15-21-19(27(30)32)10-7-12-28-21/h4-6,8-9,14,16,19,21-22,28H,7,10-13,15H2,1-3H3,(H,29,31)/t16-,19+,21+,22-/m1/s1. The molecule has 2 aromatic rings. The van der Waals surface area contributed by atoms with Gasteiger partial charge in [0.05, 0.1) is 37.8 Å². The van der Waals surface area contributed by atoms with E-state index in [1.807, 2.05) is 48.2 Å². The van der Waals surface area contributed by atoms with Crippen molar-refractivity contribution in [1.82, 2.24) is 15.5 Å². The fourth-order valence-electron chi connectivity index (χ4n) is 5.96. The van der Waals surface area contributed by atoms with Crippen LogP contribution in [0.25, 0.3) is 0 Å². The topological polar surface area (TPSA) is 79.9 Å². The molecule has 7 nitrogen and oxygen atoms in total. The Morgan fingerprint density at radius 3 is 2.68 bits per heavy atom. The Morgan fingerprint density at radius 1 is 1.18 bits per heavy atom. The van der Waals surface area contributed by atoms with Crippen molar-refractivity contribution in [2.45, 2.75) is 50.7 Å². The third-order valence-corrected chi connectivity index (χ3v) is 7.65. The van der Waals surface area contributed by atoms with Crippen LogP contribution in [0.15, 0.2) is 36.4 Å². The van der Waals surface area contributed by atoms with E-state index in [-0.39, 0.29) is 35.9 Å². The largest absolute Gasteiger partial charge is 0.492 e.